The molecule has 3 atom stereocenters. The van der Waals surface area contributed by atoms with Gasteiger partial charge >= 0.3 is 0 Å². The predicted molar refractivity (Wildman–Crippen MR) is 146 cm³/mol. The Morgan fingerprint density at radius 1 is 1.18 bits per heavy atom. The standard InChI is InChI=1S/C29H37FN4O4S/c1-17-3-7-20(8-4-17)24(33-28(38)29(30)11-12-29)27(37)34-15-22(35)13-23(34)26(36)31-14-19-5-9-21(10-6-19)25-18(2)32-16-39-25/h5-6,9-10,16-17,20,22-24,35H,3-4,7-8,11-15H2,1-2H3,(H,31,36)(H,33,38)/t17?,20?,22-,23+,24+/m1/s1. The van der Waals surface area contributed by atoms with Crippen molar-refractivity contribution < 1.29 is 23.9 Å². The molecule has 0 radical (unpaired) electrons. The second-order valence-electron chi connectivity index (χ2n) is 11.5. The Hall–Kier alpha value is -2.85. The summed E-state index contributed by atoms with van der Waals surface area (Å²) in [4.78, 5) is 46.5. The summed E-state index contributed by atoms with van der Waals surface area (Å²) in [6.45, 7) is 4.42. The molecule has 2 heterocycles. The molecule has 2 aliphatic carbocycles. The highest BCUT2D eigenvalue weighted by molar-refractivity contribution is 7.13. The molecule has 2 saturated carbocycles. The zero-order valence-corrected chi connectivity index (χ0v) is 23.3. The number of benzene rings is 1. The normalized spacial score (nSPS) is 26.6. The first-order valence-electron chi connectivity index (χ1n) is 13.9. The minimum Gasteiger partial charge on any atom is -0.391 e. The summed E-state index contributed by atoms with van der Waals surface area (Å²) in [6, 6.07) is 6.12. The Kier molecular flexibility index (Phi) is 8.05. The van der Waals surface area contributed by atoms with Gasteiger partial charge in [0, 0.05) is 19.5 Å². The molecule has 8 nitrogen and oxygen atoms in total. The number of halogens is 1. The van der Waals surface area contributed by atoms with Crippen molar-refractivity contribution in [2.45, 2.75) is 89.2 Å². The molecule has 2 aromatic rings. The Balaban J connectivity index is 1.25. The number of hydrogen-bond donors (Lipinski definition) is 3. The number of aryl methyl sites for hydroxylation is 1. The maximum absolute atomic E-state index is 14.5. The molecule has 0 spiro atoms. The minimum atomic E-state index is -1.89. The summed E-state index contributed by atoms with van der Waals surface area (Å²) in [5, 5.41) is 16.0. The molecule has 1 aliphatic heterocycles. The van der Waals surface area contributed by atoms with Crippen LogP contribution in [0, 0.1) is 18.8 Å². The maximum atomic E-state index is 14.5. The van der Waals surface area contributed by atoms with Crippen LogP contribution in [0.2, 0.25) is 0 Å². The van der Waals surface area contributed by atoms with Crippen LogP contribution in [0.15, 0.2) is 29.8 Å². The lowest BCUT2D eigenvalue weighted by Gasteiger charge is -2.36. The van der Waals surface area contributed by atoms with E-state index >= 15 is 0 Å². The van der Waals surface area contributed by atoms with Gasteiger partial charge in [-0.25, -0.2) is 9.37 Å². The molecule has 3 amide bonds. The van der Waals surface area contributed by atoms with Gasteiger partial charge in [0.05, 0.1) is 22.2 Å². The van der Waals surface area contributed by atoms with Gasteiger partial charge in [0.2, 0.25) is 11.8 Å². The Morgan fingerprint density at radius 2 is 1.87 bits per heavy atom. The molecule has 10 heteroatoms. The van der Waals surface area contributed by atoms with E-state index in [0.717, 1.165) is 47.4 Å². The molecule has 3 fully saturated rings. The SMILES string of the molecule is Cc1ncsc1-c1ccc(CNC(=O)[C@@H]2C[C@@H](O)CN2C(=O)[C@@H](NC(=O)C2(F)CC2)C2CCC(C)CC2)cc1. The van der Waals surface area contributed by atoms with Crippen molar-refractivity contribution in [1.82, 2.24) is 20.5 Å². The Bertz CT molecular complexity index is 1210. The van der Waals surface area contributed by atoms with E-state index in [1.54, 1.807) is 11.3 Å². The van der Waals surface area contributed by atoms with Crippen LogP contribution in [0.4, 0.5) is 4.39 Å². The van der Waals surface area contributed by atoms with Gasteiger partial charge < -0.3 is 20.6 Å². The number of carbonyl (C=O) groups excluding carboxylic acids is 3. The molecule has 1 aromatic carbocycles. The summed E-state index contributed by atoms with van der Waals surface area (Å²) < 4.78 is 14.5. The number of carbonyl (C=O) groups is 3. The van der Waals surface area contributed by atoms with E-state index in [1.807, 2.05) is 36.7 Å². The van der Waals surface area contributed by atoms with Gasteiger partial charge in [0.15, 0.2) is 5.67 Å². The molecule has 0 unspecified atom stereocenters. The molecular formula is C29H37FN4O4S. The number of amides is 3. The average Bonchev–Trinajstić information content (AvgIpc) is 3.34. The summed E-state index contributed by atoms with van der Waals surface area (Å²) >= 11 is 1.58. The number of aliphatic hydroxyl groups excluding tert-OH is 1. The van der Waals surface area contributed by atoms with Crippen molar-refractivity contribution in [3.05, 3.63) is 41.0 Å². The summed E-state index contributed by atoms with van der Waals surface area (Å²) in [5.41, 5.74) is 2.86. The number of likely N-dealkylation sites (tertiary alicyclic amines) is 1. The van der Waals surface area contributed by atoms with Gasteiger partial charge in [-0.3, -0.25) is 14.4 Å². The van der Waals surface area contributed by atoms with Crippen molar-refractivity contribution in [1.29, 1.82) is 0 Å². The lowest BCUT2D eigenvalue weighted by atomic mass is 9.78. The van der Waals surface area contributed by atoms with Crippen LogP contribution in [0.1, 0.15) is 63.1 Å². The number of aromatic nitrogens is 1. The molecule has 3 N–H and O–H groups in total. The first-order valence-corrected chi connectivity index (χ1v) is 14.8. The number of β-amino-alcohol motifs (C(OH)–C–C–N with tert-alkyl or cyclic N) is 1. The van der Waals surface area contributed by atoms with Crippen LogP contribution >= 0.6 is 11.3 Å². The number of rotatable bonds is 8. The van der Waals surface area contributed by atoms with E-state index in [4.69, 9.17) is 0 Å². The zero-order chi connectivity index (χ0) is 27.7. The molecule has 1 saturated heterocycles. The van der Waals surface area contributed by atoms with Crippen LogP contribution in [-0.4, -0.2) is 63.1 Å². The molecule has 210 valence electrons. The second kappa shape index (κ2) is 11.3. The maximum Gasteiger partial charge on any atom is 0.258 e. The minimum absolute atomic E-state index is 0.01000. The Labute approximate surface area is 232 Å². The van der Waals surface area contributed by atoms with Crippen molar-refractivity contribution in [3.63, 3.8) is 0 Å². The van der Waals surface area contributed by atoms with Crippen LogP contribution in [-0.2, 0) is 20.9 Å². The highest BCUT2D eigenvalue weighted by Gasteiger charge is 2.53. The van der Waals surface area contributed by atoms with Crippen LogP contribution in [0.25, 0.3) is 10.4 Å². The topological polar surface area (TPSA) is 112 Å². The third-order valence-electron chi connectivity index (χ3n) is 8.47. The summed E-state index contributed by atoms with van der Waals surface area (Å²) in [5.74, 6) is -1.09. The fraction of sp³-hybridized carbons (Fsp3) is 0.586. The molecule has 39 heavy (non-hydrogen) atoms. The van der Waals surface area contributed by atoms with E-state index in [0.29, 0.717) is 5.92 Å². The van der Waals surface area contributed by atoms with Crippen LogP contribution in [0.3, 0.4) is 0 Å². The molecular weight excluding hydrogens is 519 g/mol. The van der Waals surface area contributed by atoms with Gasteiger partial charge in [-0.2, -0.15) is 0 Å². The fourth-order valence-electron chi connectivity index (χ4n) is 5.75. The zero-order valence-electron chi connectivity index (χ0n) is 22.5. The highest BCUT2D eigenvalue weighted by Crippen LogP contribution is 2.41. The number of nitrogens with one attached hydrogen (secondary N) is 2. The van der Waals surface area contributed by atoms with Gasteiger partial charge in [-0.15, -0.1) is 11.3 Å². The van der Waals surface area contributed by atoms with Crippen LogP contribution < -0.4 is 10.6 Å². The predicted octanol–water partition coefficient (Wildman–Crippen LogP) is 3.51. The Morgan fingerprint density at radius 3 is 2.49 bits per heavy atom. The molecule has 0 bridgehead atoms. The number of aliphatic hydroxyl groups is 1. The highest BCUT2D eigenvalue weighted by atomic mass is 32.1. The van der Waals surface area contributed by atoms with Crippen molar-refractivity contribution >= 4 is 29.1 Å². The summed E-state index contributed by atoms with van der Waals surface area (Å²) in [6.07, 6.45) is 2.97. The van der Waals surface area contributed by atoms with Crippen molar-refractivity contribution in [3.8, 4) is 10.4 Å². The lowest BCUT2D eigenvalue weighted by Crippen LogP contribution is -2.57. The number of thiazole rings is 1. The largest absolute Gasteiger partial charge is 0.391 e. The number of hydrogen-bond acceptors (Lipinski definition) is 6. The van der Waals surface area contributed by atoms with Crippen molar-refractivity contribution in [2.75, 3.05) is 6.54 Å². The third kappa shape index (κ3) is 6.17. The monoisotopic (exact) mass is 556 g/mol. The smallest absolute Gasteiger partial charge is 0.258 e. The van der Waals surface area contributed by atoms with Crippen molar-refractivity contribution in [2.24, 2.45) is 11.8 Å². The first-order chi connectivity index (χ1) is 18.6. The quantitative estimate of drug-likeness (QED) is 0.461. The average molecular weight is 557 g/mol. The van der Waals surface area contributed by atoms with Crippen LogP contribution in [0.5, 0.6) is 0 Å². The first kappa shape index (κ1) is 27.7. The van der Waals surface area contributed by atoms with E-state index < -0.39 is 35.7 Å². The third-order valence-corrected chi connectivity index (χ3v) is 9.45. The number of alkyl halides is 1. The molecule has 1 aromatic heterocycles. The van der Waals surface area contributed by atoms with E-state index in [2.05, 4.69) is 22.5 Å². The lowest BCUT2D eigenvalue weighted by molar-refractivity contribution is -0.144. The van der Waals surface area contributed by atoms with E-state index in [-0.39, 0.29) is 44.2 Å². The second-order valence-corrected chi connectivity index (χ2v) is 12.4. The summed E-state index contributed by atoms with van der Waals surface area (Å²) in [7, 11) is 0. The van der Waals surface area contributed by atoms with E-state index in [9.17, 15) is 23.9 Å². The van der Waals surface area contributed by atoms with Gasteiger partial charge in [-0.05, 0) is 55.6 Å². The molecule has 5 rings (SSSR count). The van der Waals surface area contributed by atoms with Gasteiger partial charge in [-0.1, -0.05) is 44.0 Å². The number of nitrogens with zero attached hydrogens (tertiary/aromatic N) is 2. The van der Waals surface area contributed by atoms with E-state index in [1.165, 1.54) is 4.90 Å². The molecule has 3 aliphatic rings. The van der Waals surface area contributed by atoms with Gasteiger partial charge in [0.1, 0.15) is 12.1 Å². The van der Waals surface area contributed by atoms with Gasteiger partial charge in [0.25, 0.3) is 5.91 Å². The fourth-order valence-corrected chi connectivity index (χ4v) is 6.56.